The molecule has 19 heavy (non-hydrogen) atoms. The van der Waals surface area contributed by atoms with Crippen molar-refractivity contribution in [1.29, 1.82) is 0 Å². The first-order valence-corrected chi connectivity index (χ1v) is 6.60. The fourth-order valence-electron chi connectivity index (χ4n) is 2.90. The van der Waals surface area contributed by atoms with E-state index in [1.807, 2.05) is 0 Å². The monoisotopic (exact) mass is 269 g/mol. The first-order chi connectivity index (χ1) is 9.15. The summed E-state index contributed by atoms with van der Waals surface area (Å²) in [5.74, 6) is -1.56. The van der Waals surface area contributed by atoms with Crippen LogP contribution in [0.3, 0.4) is 0 Å². The number of likely N-dealkylation sites (tertiary alicyclic amines) is 1. The third-order valence-electron chi connectivity index (χ3n) is 3.64. The summed E-state index contributed by atoms with van der Waals surface area (Å²) in [6.07, 6.45) is 1.86. The minimum atomic E-state index is -0.532. The van der Waals surface area contributed by atoms with Crippen molar-refractivity contribution in [3.05, 3.63) is 35.4 Å². The lowest BCUT2D eigenvalue weighted by Crippen LogP contribution is -2.48. The molecule has 1 spiro atoms. The van der Waals surface area contributed by atoms with Crippen LogP contribution in [-0.4, -0.2) is 37.0 Å². The second-order valence-electron chi connectivity index (χ2n) is 5.20. The number of nitrogens with zero attached hydrogens (tertiary/aromatic N) is 1. The maximum absolute atomic E-state index is 13.2. The fraction of sp³-hybridized carbons (Fsp3) is 0.571. The van der Waals surface area contributed by atoms with Gasteiger partial charge < -0.3 is 9.47 Å². The average molecular weight is 269 g/mol. The van der Waals surface area contributed by atoms with Crippen molar-refractivity contribution in [2.45, 2.75) is 25.2 Å². The standard InChI is InChI=1S/C14H17F2NO2/c15-12-6-11(7-13(16)8-12)9-17-3-1-2-14(10-17)18-4-5-19-14/h6-8H,1-5,9-10H2. The predicted molar refractivity (Wildman–Crippen MR) is 65.5 cm³/mol. The van der Waals surface area contributed by atoms with Crippen LogP contribution in [0.5, 0.6) is 0 Å². The molecule has 5 heteroatoms. The van der Waals surface area contributed by atoms with Crippen LogP contribution in [-0.2, 0) is 16.0 Å². The maximum atomic E-state index is 13.2. The van der Waals surface area contributed by atoms with Crippen LogP contribution >= 0.6 is 0 Å². The molecule has 3 rings (SSSR count). The van der Waals surface area contributed by atoms with Crippen molar-refractivity contribution in [3.8, 4) is 0 Å². The Labute approximate surface area is 111 Å². The summed E-state index contributed by atoms with van der Waals surface area (Å²) in [5, 5.41) is 0. The van der Waals surface area contributed by atoms with E-state index in [1.54, 1.807) is 0 Å². The summed E-state index contributed by atoms with van der Waals surface area (Å²) >= 11 is 0. The van der Waals surface area contributed by atoms with E-state index in [9.17, 15) is 8.78 Å². The van der Waals surface area contributed by atoms with Gasteiger partial charge in [-0.25, -0.2) is 8.78 Å². The second-order valence-corrected chi connectivity index (χ2v) is 5.20. The zero-order valence-corrected chi connectivity index (χ0v) is 10.7. The molecule has 1 aromatic carbocycles. The summed E-state index contributed by atoms with van der Waals surface area (Å²) in [6, 6.07) is 3.64. The zero-order valence-electron chi connectivity index (χ0n) is 10.7. The van der Waals surface area contributed by atoms with Crippen molar-refractivity contribution in [3.63, 3.8) is 0 Å². The molecule has 2 fully saturated rings. The largest absolute Gasteiger partial charge is 0.346 e. The SMILES string of the molecule is Fc1cc(F)cc(CN2CCCC3(C2)OCCO3)c1. The molecule has 2 saturated heterocycles. The molecule has 2 heterocycles. The molecule has 1 aromatic rings. The summed E-state index contributed by atoms with van der Waals surface area (Å²) < 4.78 is 37.7. The van der Waals surface area contributed by atoms with Gasteiger partial charge in [0.25, 0.3) is 0 Å². The number of rotatable bonds is 2. The van der Waals surface area contributed by atoms with Crippen molar-refractivity contribution in [2.24, 2.45) is 0 Å². The molecule has 0 saturated carbocycles. The molecule has 0 N–H and O–H groups in total. The number of piperidine rings is 1. The smallest absolute Gasteiger partial charge is 0.181 e. The molecule has 0 aliphatic carbocycles. The highest BCUT2D eigenvalue weighted by atomic mass is 19.1. The Bertz CT molecular complexity index is 441. The Morgan fingerprint density at radius 2 is 1.79 bits per heavy atom. The van der Waals surface area contributed by atoms with Crippen LogP contribution < -0.4 is 0 Å². The highest BCUT2D eigenvalue weighted by molar-refractivity contribution is 5.18. The molecular formula is C14H17F2NO2. The normalized spacial score (nSPS) is 23.1. The maximum Gasteiger partial charge on any atom is 0.181 e. The van der Waals surface area contributed by atoms with Crippen molar-refractivity contribution in [1.82, 2.24) is 4.90 Å². The van der Waals surface area contributed by atoms with Crippen molar-refractivity contribution >= 4 is 0 Å². The molecule has 2 aliphatic rings. The van der Waals surface area contributed by atoms with Gasteiger partial charge in [0.1, 0.15) is 11.6 Å². The topological polar surface area (TPSA) is 21.7 Å². The van der Waals surface area contributed by atoms with Crippen LogP contribution in [0.25, 0.3) is 0 Å². The summed E-state index contributed by atoms with van der Waals surface area (Å²) in [5.41, 5.74) is 0.646. The summed E-state index contributed by atoms with van der Waals surface area (Å²) in [4.78, 5) is 2.13. The Hall–Kier alpha value is -1.04. The van der Waals surface area contributed by atoms with Gasteiger partial charge in [-0.15, -0.1) is 0 Å². The lowest BCUT2D eigenvalue weighted by atomic mass is 10.0. The van der Waals surface area contributed by atoms with Gasteiger partial charge in [0.05, 0.1) is 19.8 Å². The molecule has 0 aromatic heterocycles. The van der Waals surface area contributed by atoms with E-state index in [2.05, 4.69) is 4.90 Å². The average Bonchev–Trinajstić information content (AvgIpc) is 2.76. The number of hydrogen-bond acceptors (Lipinski definition) is 3. The molecule has 0 bridgehead atoms. The zero-order chi connectivity index (χ0) is 13.3. The van der Waals surface area contributed by atoms with Gasteiger partial charge >= 0.3 is 0 Å². The van der Waals surface area contributed by atoms with Crippen LogP contribution in [0.4, 0.5) is 8.78 Å². The minimum absolute atomic E-state index is 0.496. The Morgan fingerprint density at radius 3 is 2.47 bits per heavy atom. The minimum Gasteiger partial charge on any atom is -0.346 e. The van der Waals surface area contributed by atoms with Crippen LogP contribution in [0, 0.1) is 11.6 Å². The number of benzene rings is 1. The summed E-state index contributed by atoms with van der Waals surface area (Å²) in [6.45, 7) is 3.33. The van der Waals surface area contributed by atoms with Gasteiger partial charge in [0.15, 0.2) is 5.79 Å². The van der Waals surface area contributed by atoms with Gasteiger partial charge in [0, 0.05) is 19.0 Å². The molecular weight excluding hydrogens is 252 g/mol. The third kappa shape index (κ3) is 2.94. The van der Waals surface area contributed by atoms with E-state index in [0.29, 0.717) is 31.9 Å². The molecule has 0 atom stereocenters. The van der Waals surface area contributed by atoms with E-state index < -0.39 is 17.4 Å². The van der Waals surface area contributed by atoms with Gasteiger partial charge in [-0.05, 0) is 30.7 Å². The van der Waals surface area contributed by atoms with Crippen LogP contribution in [0.2, 0.25) is 0 Å². The van der Waals surface area contributed by atoms with Gasteiger partial charge in [-0.3, -0.25) is 4.90 Å². The quantitative estimate of drug-likeness (QED) is 0.822. The molecule has 0 radical (unpaired) electrons. The van der Waals surface area contributed by atoms with E-state index in [-0.39, 0.29) is 0 Å². The highest BCUT2D eigenvalue weighted by Crippen LogP contribution is 2.30. The number of ether oxygens (including phenoxy) is 2. The van der Waals surface area contributed by atoms with Crippen molar-refractivity contribution in [2.75, 3.05) is 26.3 Å². The van der Waals surface area contributed by atoms with E-state index in [1.165, 1.54) is 12.1 Å². The number of hydrogen-bond donors (Lipinski definition) is 0. The third-order valence-corrected chi connectivity index (χ3v) is 3.64. The van der Waals surface area contributed by atoms with Crippen molar-refractivity contribution < 1.29 is 18.3 Å². The van der Waals surface area contributed by atoms with Gasteiger partial charge in [-0.1, -0.05) is 0 Å². The lowest BCUT2D eigenvalue weighted by Gasteiger charge is -2.38. The van der Waals surface area contributed by atoms with E-state index >= 15 is 0 Å². The van der Waals surface area contributed by atoms with E-state index in [0.717, 1.165) is 25.5 Å². The second kappa shape index (κ2) is 5.15. The molecule has 104 valence electrons. The molecule has 0 amide bonds. The lowest BCUT2D eigenvalue weighted by molar-refractivity contribution is -0.190. The Balaban J connectivity index is 1.69. The molecule has 3 nitrogen and oxygen atoms in total. The number of halogens is 2. The molecule has 2 aliphatic heterocycles. The van der Waals surface area contributed by atoms with E-state index in [4.69, 9.17) is 9.47 Å². The highest BCUT2D eigenvalue weighted by Gasteiger charge is 2.40. The first kappa shape index (κ1) is 13.0. The van der Waals surface area contributed by atoms with Gasteiger partial charge in [-0.2, -0.15) is 0 Å². The fourth-order valence-corrected chi connectivity index (χ4v) is 2.90. The summed E-state index contributed by atoms with van der Waals surface area (Å²) in [7, 11) is 0. The van der Waals surface area contributed by atoms with Crippen LogP contribution in [0.15, 0.2) is 18.2 Å². The Morgan fingerprint density at radius 1 is 1.11 bits per heavy atom. The van der Waals surface area contributed by atoms with Crippen LogP contribution in [0.1, 0.15) is 18.4 Å². The molecule has 0 unspecified atom stereocenters. The predicted octanol–water partition coefficient (Wildman–Crippen LogP) is 2.30. The Kier molecular flexibility index (Phi) is 3.52. The van der Waals surface area contributed by atoms with Gasteiger partial charge in [0.2, 0.25) is 0 Å². The first-order valence-electron chi connectivity index (χ1n) is 6.60.